The van der Waals surface area contributed by atoms with E-state index < -0.39 is 0 Å². The summed E-state index contributed by atoms with van der Waals surface area (Å²) < 4.78 is 5.33. The summed E-state index contributed by atoms with van der Waals surface area (Å²) in [6, 6.07) is 2.19. The third-order valence-electron chi connectivity index (χ3n) is 3.93. The van der Waals surface area contributed by atoms with Crippen LogP contribution in [0.4, 0.5) is 0 Å². The van der Waals surface area contributed by atoms with Gasteiger partial charge in [0.05, 0.1) is 5.56 Å². The summed E-state index contributed by atoms with van der Waals surface area (Å²) in [5.74, 6) is 2.20. The van der Waals surface area contributed by atoms with Crippen molar-refractivity contribution in [2.24, 2.45) is 0 Å². The van der Waals surface area contributed by atoms with Gasteiger partial charge in [-0.15, -0.1) is 11.3 Å². The first-order valence-corrected chi connectivity index (χ1v) is 8.06. The number of hydrogen-bond donors (Lipinski definition) is 1. The van der Waals surface area contributed by atoms with E-state index >= 15 is 0 Å². The van der Waals surface area contributed by atoms with Crippen LogP contribution in [0.5, 0.6) is 0 Å². The number of nitrogens with one attached hydrogen (secondary N) is 1. The fraction of sp³-hybridized carbons (Fsp3) is 0.429. The van der Waals surface area contributed by atoms with Crippen LogP contribution in [-0.4, -0.2) is 25.3 Å². The van der Waals surface area contributed by atoms with Gasteiger partial charge < -0.3 is 4.52 Å². The number of rotatable bonds is 3. The largest absolute Gasteiger partial charge is 0.333 e. The SMILES string of the molecule is c1n[nH]c(-c2noc(-c3csc(C4CCCCC4)c3)n2)n1. The maximum atomic E-state index is 5.33. The first-order valence-electron chi connectivity index (χ1n) is 7.18. The second-order valence-corrected chi connectivity index (χ2v) is 6.27. The van der Waals surface area contributed by atoms with Crippen LogP contribution in [0.1, 0.15) is 42.9 Å². The molecule has 0 aliphatic heterocycles. The number of thiophene rings is 1. The molecular formula is C14H15N5OS. The molecule has 1 saturated carbocycles. The number of hydrogen-bond acceptors (Lipinski definition) is 6. The molecule has 0 aromatic carbocycles. The van der Waals surface area contributed by atoms with E-state index in [0.29, 0.717) is 23.5 Å². The van der Waals surface area contributed by atoms with Crippen LogP contribution in [0, 0.1) is 0 Å². The van der Waals surface area contributed by atoms with Crippen molar-refractivity contribution in [3.05, 3.63) is 22.7 Å². The molecule has 3 heterocycles. The van der Waals surface area contributed by atoms with Gasteiger partial charge in [0.1, 0.15) is 6.33 Å². The van der Waals surface area contributed by atoms with Gasteiger partial charge in [-0.25, -0.2) is 4.98 Å². The van der Waals surface area contributed by atoms with E-state index in [1.54, 1.807) is 11.3 Å². The molecule has 0 amide bonds. The van der Waals surface area contributed by atoms with Crippen molar-refractivity contribution < 1.29 is 4.52 Å². The fourth-order valence-electron chi connectivity index (χ4n) is 2.82. The quantitative estimate of drug-likeness (QED) is 0.799. The van der Waals surface area contributed by atoms with Crippen LogP contribution >= 0.6 is 11.3 Å². The Bertz CT molecular complexity index is 711. The van der Waals surface area contributed by atoms with Crippen LogP contribution in [0.3, 0.4) is 0 Å². The topological polar surface area (TPSA) is 80.5 Å². The van der Waals surface area contributed by atoms with Crippen molar-refractivity contribution in [2.75, 3.05) is 0 Å². The molecule has 21 heavy (non-hydrogen) atoms. The molecule has 0 unspecified atom stereocenters. The van der Waals surface area contributed by atoms with Crippen LogP contribution in [0.25, 0.3) is 23.1 Å². The Balaban J connectivity index is 1.58. The summed E-state index contributed by atoms with van der Waals surface area (Å²) in [7, 11) is 0. The summed E-state index contributed by atoms with van der Waals surface area (Å²) in [5.41, 5.74) is 0.999. The maximum absolute atomic E-state index is 5.33. The predicted octanol–water partition coefficient (Wildman–Crippen LogP) is 3.63. The molecule has 7 heteroatoms. The highest BCUT2D eigenvalue weighted by molar-refractivity contribution is 7.10. The van der Waals surface area contributed by atoms with Crippen LogP contribution in [0.2, 0.25) is 0 Å². The minimum Gasteiger partial charge on any atom is -0.333 e. The Morgan fingerprint density at radius 2 is 2.14 bits per heavy atom. The molecule has 0 bridgehead atoms. The maximum Gasteiger partial charge on any atom is 0.259 e. The molecule has 0 atom stereocenters. The third-order valence-corrected chi connectivity index (χ3v) is 5.02. The normalized spacial score (nSPS) is 16.4. The fourth-order valence-corrected chi connectivity index (χ4v) is 3.87. The summed E-state index contributed by atoms with van der Waals surface area (Å²) in [6.07, 6.45) is 8.08. The van der Waals surface area contributed by atoms with E-state index in [0.717, 1.165) is 5.56 Å². The number of aromatic nitrogens is 5. The average molecular weight is 301 g/mol. The molecule has 3 aromatic heterocycles. The molecule has 3 aromatic rings. The smallest absolute Gasteiger partial charge is 0.259 e. The highest BCUT2D eigenvalue weighted by Gasteiger charge is 2.19. The number of nitrogens with zero attached hydrogens (tertiary/aromatic N) is 4. The first kappa shape index (κ1) is 12.7. The molecule has 1 fully saturated rings. The Kier molecular flexibility index (Phi) is 3.27. The van der Waals surface area contributed by atoms with Gasteiger partial charge in [0.2, 0.25) is 5.82 Å². The summed E-state index contributed by atoms with van der Waals surface area (Å²) in [5, 5.41) is 12.6. The van der Waals surface area contributed by atoms with Gasteiger partial charge in [0, 0.05) is 10.3 Å². The van der Waals surface area contributed by atoms with Gasteiger partial charge in [-0.1, -0.05) is 24.4 Å². The van der Waals surface area contributed by atoms with Crippen LogP contribution in [0.15, 0.2) is 22.3 Å². The lowest BCUT2D eigenvalue weighted by molar-refractivity contribution is 0.431. The minimum absolute atomic E-state index is 0.438. The van der Waals surface area contributed by atoms with Crippen molar-refractivity contribution in [3.63, 3.8) is 0 Å². The molecule has 1 aliphatic rings. The van der Waals surface area contributed by atoms with Crippen molar-refractivity contribution in [2.45, 2.75) is 38.0 Å². The van der Waals surface area contributed by atoms with E-state index in [2.05, 4.69) is 36.8 Å². The summed E-state index contributed by atoms with van der Waals surface area (Å²) >= 11 is 1.79. The van der Waals surface area contributed by atoms with Crippen molar-refractivity contribution in [1.29, 1.82) is 0 Å². The van der Waals surface area contributed by atoms with Crippen molar-refractivity contribution >= 4 is 11.3 Å². The van der Waals surface area contributed by atoms with Crippen LogP contribution in [-0.2, 0) is 0 Å². The molecule has 0 radical (unpaired) electrons. The summed E-state index contributed by atoms with van der Waals surface area (Å²) in [6.45, 7) is 0. The number of aromatic amines is 1. The molecule has 4 rings (SSSR count). The Morgan fingerprint density at radius 3 is 2.95 bits per heavy atom. The number of H-pyrrole nitrogens is 1. The summed E-state index contributed by atoms with van der Waals surface area (Å²) in [4.78, 5) is 9.83. The zero-order valence-corrected chi connectivity index (χ0v) is 12.3. The molecular weight excluding hydrogens is 286 g/mol. The lowest BCUT2D eigenvalue weighted by Gasteiger charge is -2.19. The zero-order valence-electron chi connectivity index (χ0n) is 11.5. The lowest BCUT2D eigenvalue weighted by atomic mass is 9.88. The van der Waals surface area contributed by atoms with Gasteiger partial charge in [-0.3, -0.25) is 5.10 Å². The molecule has 6 nitrogen and oxygen atoms in total. The lowest BCUT2D eigenvalue weighted by Crippen LogP contribution is -2.02. The monoisotopic (exact) mass is 301 g/mol. The Hall–Kier alpha value is -2.02. The highest BCUT2D eigenvalue weighted by atomic mass is 32.1. The Labute approximate surface area is 125 Å². The highest BCUT2D eigenvalue weighted by Crippen LogP contribution is 2.38. The van der Waals surface area contributed by atoms with Gasteiger partial charge in [0.25, 0.3) is 5.89 Å². The zero-order chi connectivity index (χ0) is 14.1. The average Bonchev–Trinajstić information content (AvgIpc) is 3.27. The van der Waals surface area contributed by atoms with Crippen molar-refractivity contribution in [3.8, 4) is 23.1 Å². The molecule has 108 valence electrons. The minimum atomic E-state index is 0.438. The van der Waals surface area contributed by atoms with Gasteiger partial charge >= 0.3 is 0 Å². The van der Waals surface area contributed by atoms with E-state index in [1.165, 1.54) is 43.3 Å². The van der Waals surface area contributed by atoms with E-state index in [1.807, 2.05) is 0 Å². The van der Waals surface area contributed by atoms with Gasteiger partial charge in [-0.05, 0) is 24.8 Å². The molecule has 0 spiro atoms. The standard InChI is InChI=1S/C14H15N5OS/c1-2-4-9(5-3-1)11-6-10(7-21-11)14-17-13(19-20-14)12-15-8-16-18-12/h6-9H,1-5H2,(H,15,16,18). The molecule has 1 N–H and O–H groups in total. The molecule has 0 saturated heterocycles. The third kappa shape index (κ3) is 2.49. The predicted molar refractivity (Wildman–Crippen MR) is 78.8 cm³/mol. The molecule has 1 aliphatic carbocycles. The second kappa shape index (κ2) is 5.40. The van der Waals surface area contributed by atoms with Crippen LogP contribution < -0.4 is 0 Å². The van der Waals surface area contributed by atoms with E-state index in [9.17, 15) is 0 Å². The Morgan fingerprint density at radius 1 is 1.24 bits per heavy atom. The van der Waals surface area contributed by atoms with E-state index in [-0.39, 0.29) is 0 Å². The van der Waals surface area contributed by atoms with Gasteiger partial charge in [-0.2, -0.15) is 10.1 Å². The van der Waals surface area contributed by atoms with Crippen molar-refractivity contribution in [1.82, 2.24) is 25.3 Å². The first-order chi connectivity index (χ1) is 10.4. The second-order valence-electron chi connectivity index (χ2n) is 5.33. The van der Waals surface area contributed by atoms with Gasteiger partial charge in [0.15, 0.2) is 5.82 Å². The van der Waals surface area contributed by atoms with E-state index in [4.69, 9.17) is 4.52 Å².